The second-order valence-electron chi connectivity index (χ2n) is 6.78. The van der Waals surface area contributed by atoms with Crippen molar-refractivity contribution in [3.63, 3.8) is 0 Å². The molecule has 0 spiro atoms. The van der Waals surface area contributed by atoms with E-state index in [1.165, 1.54) is 17.1 Å². The summed E-state index contributed by atoms with van der Waals surface area (Å²) in [6.45, 7) is 0.569. The molecule has 2 N–H and O–H groups in total. The van der Waals surface area contributed by atoms with Gasteiger partial charge in [0.05, 0.1) is 18.2 Å². The number of benzene rings is 2. The maximum atomic E-state index is 12.3. The van der Waals surface area contributed by atoms with Crippen LogP contribution in [-0.2, 0) is 11.3 Å². The number of hydrazine groups is 1. The molecule has 4 rings (SSSR count). The molecule has 2 heterocycles. The van der Waals surface area contributed by atoms with Crippen LogP contribution >= 0.6 is 0 Å². The minimum Gasteiger partial charge on any atom is -0.346 e. The van der Waals surface area contributed by atoms with Crippen LogP contribution in [0.15, 0.2) is 67.1 Å². The molecule has 0 fully saturated rings. The summed E-state index contributed by atoms with van der Waals surface area (Å²) in [5, 5.41) is 20.7. The highest BCUT2D eigenvalue weighted by Crippen LogP contribution is 2.22. The third kappa shape index (κ3) is 4.52. The number of fused-ring (bicyclic) bond motifs is 1. The van der Waals surface area contributed by atoms with Crippen molar-refractivity contribution in [3.05, 3.63) is 78.3 Å². The Hall–Kier alpha value is -4.78. The molecule has 158 valence electrons. The molecule has 0 saturated heterocycles. The van der Waals surface area contributed by atoms with Crippen LogP contribution in [0.1, 0.15) is 22.3 Å². The molecule has 10 nitrogen and oxygen atoms in total. The van der Waals surface area contributed by atoms with Crippen molar-refractivity contribution >= 4 is 28.8 Å². The number of para-hydroxylation sites is 1. The lowest BCUT2D eigenvalue weighted by Gasteiger charge is -2.06. The minimum absolute atomic E-state index is 0.367. The lowest BCUT2D eigenvalue weighted by molar-refractivity contribution is -0.117. The normalized spacial score (nSPS) is 10.8. The first-order chi connectivity index (χ1) is 15.7. The maximum absolute atomic E-state index is 12.3. The molecule has 2 aromatic heterocycles. The van der Waals surface area contributed by atoms with Gasteiger partial charge >= 0.3 is 0 Å². The third-order valence-corrected chi connectivity index (χ3v) is 4.74. The zero-order valence-corrected chi connectivity index (χ0v) is 16.8. The van der Waals surface area contributed by atoms with E-state index in [0.717, 1.165) is 16.5 Å². The molecule has 0 atom stereocenters. The van der Waals surface area contributed by atoms with E-state index in [1.807, 2.05) is 35.0 Å². The first kappa shape index (κ1) is 20.5. The first-order valence-corrected chi connectivity index (χ1v) is 9.72. The van der Waals surface area contributed by atoms with Crippen LogP contribution in [0.5, 0.6) is 0 Å². The predicted octanol–water partition coefficient (Wildman–Crippen LogP) is 2.01. The molecule has 0 unspecified atom stereocenters. The fraction of sp³-hybridized carbons (Fsp3) is 0.0909. The van der Waals surface area contributed by atoms with Crippen LogP contribution in [0.2, 0.25) is 0 Å². The van der Waals surface area contributed by atoms with Crippen molar-refractivity contribution in [2.45, 2.75) is 13.0 Å². The number of aromatic nitrogens is 5. The Morgan fingerprint density at radius 3 is 2.66 bits per heavy atom. The van der Waals surface area contributed by atoms with E-state index in [2.05, 4.69) is 32.4 Å². The van der Waals surface area contributed by atoms with Gasteiger partial charge in [0.25, 0.3) is 11.8 Å². The molecule has 4 aromatic rings. The minimum atomic E-state index is -0.475. The highest BCUT2D eigenvalue weighted by atomic mass is 16.2. The maximum Gasteiger partial charge on any atom is 0.269 e. The van der Waals surface area contributed by atoms with Crippen molar-refractivity contribution < 1.29 is 9.59 Å². The molecular weight excluding hydrogens is 408 g/mol. The van der Waals surface area contributed by atoms with Gasteiger partial charge in [-0.25, -0.2) is 4.68 Å². The lowest BCUT2D eigenvalue weighted by atomic mass is 10.1. The van der Waals surface area contributed by atoms with Gasteiger partial charge in [0.15, 0.2) is 0 Å². The van der Waals surface area contributed by atoms with Crippen LogP contribution in [0.4, 0.5) is 0 Å². The molecule has 0 aliphatic heterocycles. The smallest absolute Gasteiger partial charge is 0.269 e. The molecule has 2 aromatic carbocycles. The number of nitrogens with zero attached hydrogens (tertiary/aromatic N) is 6. The SMILES string of the molecule is N#CCCn1cc(/C=C/C(=O)NNC(=O)c2ccc(-n3cnnn3)cc2)c2ccccc21. The van der Waals surface area contributed by atoms with Gasteiger partial charge in [0.1, 0.15) is 6.33 Å². The zero-order chi connectivity index (χ0) is 22.3. The standard InChI is InChI=1S/C22H18N8O2/c23-12-3-13-29-14-17(19-4-1-2-5-20(19)29)8-11-21(31)25-26-22(32)16-6-9-18(10-7-16)30-15-24-27-28-30/h1-2,4-11,14-15H,3,13H2,(H,25,31)(H,26,32)/b11-8+. The molecule has 0 bridgehead atoms. The summed E-state index contributed by atoms with van der Waals surface area (Å²) >= 11 is 0. The summed E-state index contributed by atoms with van der Waals surface area (Å²) in [6, 6.07) is 16.5. The summed E-state index contributed by atoms with van der Waals surface area (Å²) in [7, 11) is 0. The number of aryl methyl sites for hydroxylation is 1. The van der Waals surface area contributed by atoms with Gasteiger partial charge in [-0.3, -0.25) is 20.4 Å². The number of carbonyl (C=O) groups is 2. The van der Waals surface area contributed by atoms with E-state index in [0.29, 0.717) is 24.2 Å². The molecule has 32 heavy (non-hydrogen) atoms. The van der Waals surface area contributed by atoms with E-state index in [9.17, 15) is 9.59 Å². The van der Waals surface area contributed by atoms with Crippen molar-refractivity contribution in [3.8, 4) is 11.8 Å². The van der Waals surface area contributed by atoms with Crippen molar-refractivity contribution in [1.29, 1.82) is 5.26 Å². The molecule has 0 aliphatic rings. The number of amides is 2. The van der Waals surface area contributed by atoms with Gasteiger partial charge in [-0.2, -0.15) is 5.26 Å². The summed E-state index contributed by atoms with van der Waals surface area (Å²) in [5.74, 6) is -0.930. The van der Waals surface area contributed by atoms with Crippen LogP contribution in [-0.4, -0.2) is 36.6 Å². The number of carbonyl (C=O) groups excluding carboxylic acids is 2. The fourth-order valence-corrected chi connectivity index (χ4v) is 3.21. The fourth-order valence-electron chi connectivity index (χ4n) is 3.21. The number of hydrogen-bond acceptors (Lipinski definition) is 6. The molecule has 2 amide bonds. The number of nitriles is 1. The largest absolute Gasteiger partial charge is 0.346 e. The second kappa shape index (κ2) is 9.36. The summed E-state index contributed by atoms with van der Waals surface area (Å²) < 4.78 is 3.45. The lowest BCUT2D eigenvalue weighted by Crippen LogP contribution is -2.40. The van der Waals surface area contributed by atoms with Gasteiger partial charge in [-0.05, 0) is 46.8 Å². The molecule has 10 heteroatoms. The molecule has 0 aliphatic carbocycles. The Kier molecular flexibility index (Phi) is 5.99. The van der Waals surface area contributed by atoms with Gasteiger partial charge < -0.3 is 4.57 Å². The monoisotopic (exact) mass is 426 g/mol. The van der Waals surface area contributed by atoms with Gasteiger partial charge in [0, 0.05) is 40.8 Å². The van der Waals surface area contributed by atoms with Gasteiger partial charge in [-0.15, -0.1) is 5.10 Å². The molecule has 0 radical (unpaired) electrons. The van der Waals surface area contributed by atoms with Crippen molar-refractivity contribution in [2.75, 3.05) is 0 Å². The highest BCUT2D eigenvalue weighted by molar-refractivity contribution is 5.99. The number of hydrogen-bond donors (Lipinski definition) is 2. The Labute approximate surface area is 182 Å². The number of rotatable bonds is 6. The zero-order valence-electron chi connectivity index (χ0n) is 16.8. The van der Waals surface area contributed by atoms with Crippen LogP contribution in [0.3, 0.4) is 0 Å². The van der Waals surface area contributed by atoms with Crippen molar-refractivity contribution in [1.82, 2.24) is 35.6 Å². The van der Waals surface area contributed by atoms with Crippen molar-refractivity contribution in [2.24, 2.45) is 0 Å². The Morgan fingerprint density at radius 1 is 1.09 bits per heavy atom. The Morgan fingerprint density at radius 2 is 1.91 bits per heavy atom. The van der Waals surface area contributed by atoms with E-state index in [-0.39, 0.29) is 0 Å². The second-order valence-corrected chi connectivity index (χ2v) is 6.78. The highest BCUT2D eigenvalue weighted by Gasteiger charge is 2.08. The third-order valence-electron chi connectivity index (χ3n) is 4.74. The molecular formula is C22H18N8O2. The summed E-state index contributed by atoms with van der Waals surface area (Å²) in [6.07, 6.45) is 6.76. The van der Waals surface area contributed by atoms with E-state index >= 15 is 0 Å². The molecule has 0 saturated carbocycles. The van der Waals surface area contributed by atoms with E-state index < -0.39 is 11.8 Å². The van der Waals surface area contributed by atoms with Crippen LogP contribution in [0, 0.1) is 11.3 Å². The topological polar surface area (TPSA) is 131 Å². The predicted molar refractivity (Wildman–Crippen MR) is 116 cm³/mol. The Bertz CT molecular complexity index is 1310. The average Bonchev–Trinajstić information content (AvgIpc) is 3.49. The first-order valence-electron chi connectivity index (χ1n) is 9.72. The summed E-state index contributed by atoms with van der Waals surface area (Å²) in [5.41, 5.74) is 7.65. The Balaban J connectivity index is 1.38. The van der Waals surface area contributed by atoms with Crippen LogP contribution in [0.25, 0.3) is 22.7 Å². The van der Waals surface area contributed by atoms with E-state index in [1.54, 1.807) is 30.3 Å². The number of nitrogens with one attached hydrogen (secondary N) is 2. The van der Waals surface area contributed by atoms with E-state index in [4.69, 9.17) is 5.26 Å². The number of tetrazole rings is 1. The summed E-state index contributed by atoms with van der Waals surface area (Å²) in [4.78, 5) is 24.5. The van der Waals surface area contributed by atoms with Gasteiger partial charge in [-0.1, -0.05) is 18.2 Å². The van der Waals surface area contributed by atoms with Crippen LogP contribution < -0.4 is 10.9 Å². The quantitative estimate of drug-likeness (QED) is 0.358. The van der Waals surface area contributed by atoms with Gasteiger partial charge in [0.2, 0.25) is 0 Å². The average molecular weight is 426 g/mol.